The summed E-state index contributed by atoms with van der Waals surface area (Å²) in [4.78, 5) is 13.9. The van der Waals surface area contributed by atoms with E-state index < -0.39 is 0 Å². The van der Waals surface area contributed by atoms with Gasteiger partial charge in [-0.1, -0.05) is 11.6 Å². The Labute approximate surface area is 82.9 Å². The molecule has 0 amide bonds. The second-order valence-corrected chi connectivity index (χ2v) is 3.79. The minimum absolute atomic E-state index is 0.689. The molecule has 0 aliphatic rings. The molecule has 72 valence electrons. The normalized spacial score (nSPS) is 10.8. The highest BCUT2D eigenvalue weighted by molar-refractivity contribution is 5.93. The second kappa shape index (κ2) is 2.98. The summed E-state index contributed by atoms with van der Waals surface area (Å²) < 4.78 is 0. The van der Waals surface area contributed by atoms with Gasteiger partial charge in [0.15, 0.2) is 6.29 Å². The molecule has 0 atom stereocenters. The van der Waals surface area contributed by atoms with Crippen molar-refractivity contribution in [1.29, 1.82) is 0 Å². The van der Waals surface area contributed by atoms with Crippen LogP contribution in [0.1, 0.15) is 27.2 Å². The van der Waals surface area contributed by atoms with Crippen molar-refractivity contribution in [2.75, 3.05) is 0 Å². The summed E-state index contributed by atoms with van der Waals surface area (Å²) >= 11 is 0. The highest BCUT2D eigenvalue weighted by Crippen LogP contribution is 2.24. The van der Waals surface area contributed by atoms with Crippen molar-refractivity contribution in [3.05, 3.63) is 34.5 Å². The Bertz CT molecular complexity index is 509. The van der Waals surface area contributed by atoms with Gasteiger partial charge < -0.3 is 4.98 Å². The van der Waals surface area contributed by atoms with Gasteiger partial charge in [-0.3, -0.25) is 4.79 Å². The van der Waals surface area contributed by atoms with E-state index in [9.17, 15) is 4.79 Å². The first-order valence-corrected chi connectivity index (χ1v) is 4.68. The van der Waals surface area contributed by atoms with Gasteiger partial charge in [0.2, 0.25) is 0 Å². The number of nitrogens with one attached hydrogen (secondary N) is 1. The van der Waals surface area contributed by atoms with E-state index in [1.807, 2.05) is 6.92 Å². The van der Waals surface area contributed by atoms with Gasteiger partial charge >= 0.3 is 0 Å². The highest BCUT2D eigenvalue weighted by atomic mass is 16.1. The van der Waals surface area contributed by atoms with Crippen LogP contribution in [0.4, 0.5) is 0 Å². The van der Waals surface area contributed by atoms with Gasteiger partial charge in [-0.15, -0.1) is 0 Å². The summed E-state index contributed by atoms with van der Waals surface area (Å²) in [7, 11) is 0. The number of hydrogen-bond acceptors (Lipinski definition) is 1. The molecule has 0 unspecified atom stereocenters. The molecule has 0 saturated heterocycles. The Morgan fingerprint density at radius 2 is 1.93 bits per heavy atom. The van der Waals surface area contributed by atoms with Crippen LogP contribution in [-0.4, -0.2) is 11.3 Å². The van der Waals surface area contributed by atoms with Crippen LogP contribution in [0.2, 0.25) is 0 Å². The lowest BCUT2D eigenvalue weighted by Crippen LogP contribution is -1.80. The number of aldehydes is 1. The van der Waals surface area contributed by atoms with Crippen LogP contribution in [-0.2, 0) is 0 Å². The summed E-state index contributed by atoms with van der Waals surface area (Å²) in [6.07, 6.45) is 0.879. The molecular formula is C12H13NO. The van der Waals surface area contributed by atoms with Crippen molar-refractivity contribution < 1.29 is 4.79 Å². The van der Waals surface area contributed by atoms with Gasteiger partial charge in [0.25, 0.3) is 0 Å². The Kier molecular flexibility index (Phi) is 1.92. The van der Waals surface area contributed by atoms with E-state index in [0.717, 1.165) is 22.8 Å². The summed E-state index contributed by atoms with van der Waals surface area (Å²) in [6, 6.07) is 4.23. The molecule has 1 aromatic carbocycles. The number of H-pyrrole nitrogens is 1. The number of fused-ring (bicyclic) bond motifs is 1. The van der Waals surface area contributed by atoms with Gasteiger partial charge in [0, 0.05) is 10.9 Å². The van der Waals surface area contributed by atoms with E-state index in [2.05, 4.69) is 31.0 Å². The molecule has 0 fully saturated rings. The van der Waals surface area contributed by atoms with Gasteiger partial charge in [-0.05, 0) is 38.0 Å². The summed E-state index contributed by atoms with van der Waals surface area (Å²) in [5.41, 5.74) is 5.23. The molecule has 1 N–H and O–H groups in total. The van der Waals surface area contributed by atoms with E-state index >= 15 is 0 Å². The fourth-order valence-electron chi connectivity index (χ4n) is 1.92. The number of aromatic amines is 1. The minimum Gasteiger partial charge on any atom is -0.352 e. The first kappa shape index (κ1) is 9.00. The van der Waals surface area contributed by atoms with Gasteiger partial charge in [0.05, 0.1) is 5.69 Å². The molecule has 0 saturated carbocycles. The number of benzene rings is 1. The molecule has 0 bridgehead atoms. The summed E-state index contributed by atoms with van der Waals surface area (Å²) in [6.45, 7) is 6.10. The molecule has 0 aliphatic heterocycles. The lowest BCUT2D eigenvalue weighted by atomic mass is 10.1. The van der Waals surface area contributed by atoms with E-state index in [1.54, 1.807) is 0 Å². The number of carbonyl (C=O) groups is 1. The zero-order valence-corrected chi connectivity index (χ0v) is 8.64. The van der Waals surface area contributed by atoms with Crippen molar-refractivity contribution in [3.63, 3.8) is 0 Å². The van der Waals surface area contributed by atoms with Crippen LogP contribution < -0.4 is 0 Å². The van der Waals surface area contributed by atoms with Crippen molar-refractivity contribution in [3.8, 4) is 0 Å². The Morgan fingerprint density at radius 3 is 2.57 bits per heavy atom. The fraction of sp³-hybridized carbons (Fsp3) is 0.250. The zero-order valence-electron chi connectivity index (χ0n) is 8.64. The fourth-order valence-corrected chi connectivity index (χ4v) is 1.92. The quantitative estimate of drug-likeness (QED) is 0.684. The monoisotopic (exact) mass is 187 g/mol. The van der Waals surface area contributed by atoms with Crippen molar-refractivity contribution in [2.45, 2.75) is 20.8 Å². The van der Waals surface area contributed by atoms with Crippen LogP contribution in [0.15, 0.2) is 12.1 Å². The molecule has 2 rings (SSSR count). The third-order valence-corrected chi connectivity index (χ3v) is 2.67. The number of aryl methyl sites for hydroxylation is 3. The lowest BCUT2D eigenvalue weighted by Gasteiger charge is -1.99. The maximum absolute atomic E-state index is 10.8. The van der Waals surface area contributed by atoms with Crippen LogP contribution in [0.5, 0.6) is 0 Å². The van der Waals surface area contributed by atoms with Crippen molar-refractivity contribution in [1.82, 2.24) is 4.98 Å². The SMILES string of the molecule is Cc1cc(C)c2[nH]c(C=O)c(C)c2c1. The third-order valence-electron chi connectivity index (χ3n) is 2.67. The average Bonchev–Trinajstić information content (AvgIpc) is 2.44. The van der Waals surface area contributed by atoms with Crippen LogP contribution in [0.25, 0.3) is 10.9 Å². The predicted octanol–water partition coefficient (Wildman–Crippen LogP) is 2.91. The smallest absolute Gasteiger partial charge is 0.166 e. The summed E-state index contributed by atoms with van der Waals surface area (Å²) in [5, 5.41) is 1.16. The number of aromatic nitrogens is 1. The predicted molar refractivity (Wildman–Crippen MR) is 57.9 cm³/mol. The number of rotatable bonds is 1. The van der Waals surface area contributed by atoms with Gasteiger partial charge in [0.1, 0.15) is 0 Å². The average molecular weight is 187 g/mol. The number of hydrogen-bond donors (Lipinski definition) is 1. The standard InChI is InChI=1S/C12H13NO/c1-7-4-8(2)12-10(5-7)9(3)11(6-14)13-12/h4-6,13H,1-3H3. The molecular weight excluding hydrogens is 174 g/mol. The maximum Gasteiger partial charge on any atom is 0.166 e. The minimum atomic E-state index is 0.689. The summed E-state index contributed by atoms with van der Waals surface area (Å²) in [5.74, 6) is 0. The largest absolute Gasteiger partial charge is 0.352 e. The Morgan fingerprint density at radius 1 is 1.21 bits per heavy atom. The van der Waals surface area contributed by atoms with Gasteiger partial charge in [-0.2, -0.15) is 0 Å². The molecule has 2 heteroatoms. The molecule has 0 spiro atoms. The molecule has 1 aromatic heterocycles. The van der Waals surface area contributed by atoms with Crippen molar-refractivity contribution in [2.24, 2.45) is 0 Å². The molecule has 1 heterocycles. The number of carbonyl (C=O) groups excluding carboxylic acids is 1. The third kappa shape index (κ3) is 1.15. The van der Waals surface area contributed by atoms with Crippen molar-refractivity contribution >= 4 is 17.2 Å². The van der Waals surface area contributed by atoms with E-state index in [-0.39, 0.29) is 0 Å². The lowest BCUT2D eigenvalue weighted by molar-refractivity contribution is 0.111. The molecule has 2 aromatic rings. The highest BCUT2D eigenvalue weighted by Gasteiger charge is 2.08. The van der Waals surface area contributed by atoms with Crippen LogP contribution >= 0.6 is 0 Å². The zero-order chi connectivity index (χ0) is 10.3. The topological polar surface area (TPSA) is 32.9 Å². The van der Waals surface area contributed by atoms with E-state index in [1.165, 1.54) is 11.1 Å². The molecule has 0 aliphatic carbocycles. The van der Waals surface area contributed by atoms with E-state index in [0.29, 0.717) is 5.69 Å². The van der Waals surface area contributed by atoms with Gasteiger partial charge in [-0.25, -0.2) is 0 Å². The van der Waals surface area contributed by atoms with Crippen LogP contribution in [0, 0.1) is 20.8 Å². The molecule has 14 heavy (non-hydrogen) atoms. The molecule has 2 nitrogen and oxygen atoms in total. The second-order valence-electron chi connectivity index (χ2n) is 3.79. The van der Waals surface area contributed by atoms with E-state index in [4.69, 9.17) is 0 Å². The molecule has 0 radical (unpaired) electrons. The first-order valence-electron chi connectivity index (χ1n) is 4.68. The first-order chi connectivity index (χ1) is 6.63. The Hall–Kier alpha value is -1.57. The Balaban J connectivity index is 2.91. The van der Waals surface area contributed by atoms with Crippen LogP contribution in [0.3, 0.4) is 0 Å². The maximum atomic E-state index is 10.8.